The smallest absolute Gasteiger partial charge is 0.252 e. The minimum Gasteiger partial charge on any atom is -0.380 e. The van der Waals surface area contributed by atoms with Gasteiger partial charge in [-0.2, -0.15) is 0 Å². The van der Waals surface area contributed by atoms with E-state index < -0.39 is 0 Å². The van der Waals surface area contributed by atoms with Gasteiger partial charge in [0.15, 0.2) is 0 Å². The molecule has 0 unspecified atom stereocenters. The summed E-state index contributed by atoms with van der Waals surface area (Å²) in [5.74, 6) is 0. The highest BCUT2D eigenvalue weighted by Crippen LogP contribution is 2.38. The van der Waals surface area contributed by atoms with Crippen LogP contribution in [0.15, 0.2) is 59.5 Å². The fourth-order valence-electron chi connectivity index (χ4n) is 4.78. The van der Waals surface area contributed by atoms with Crippen LogP contribution >= 0.6 is 0 Å². The highest BCUT2D eigenvalue weighted by atomic mass is 16.1. The lowest BCUT2D eigenvalue weighted by atomic mass is 9.89. The number of fused-ring (bicyclic) bond motifs is 1. The van der Waals surface area contributed by atoms with Crippen molar-refractivity contribution in [1.82, 2.24) is 9.55 Å². The summed E-state index contributed by atoms with van der Waals surface area (Å²) in [4.78, 5) is 19.6. The van der Waals surface area contributed by atoms with Gasteiger partial charge in [0, 0.05) is 43.1 Å². The number of benzene rings is 1. The maximum absolute atomic E-state index is 12.4. The third-order valence-electron chi connectivity index (χ3n) is 6.45. The second-order valence-corrected chi connectivity index (χ2v) is 8.45. The Morgan fingerprint density at radius 3 is 2.34 bits per heavy atom. The monoisotopic (exact) mass is 388 g/mol. The first-order valence-electron chi connectivity index (χ1n) is 10.8. The lowest BCUT2D eigenvalue weighted by Crippen LogP contribution is -2.42. The van der Waals surface area contributed by atoms with Crippen molar-refractivity contribution in [1.29, 1.82) is 0 Å². The second kappa shape index (κ2) is 7.54. The number of hydrogen-bond donors (Lipinski definition) is 1. The van der Waals surface area contributed by atoms with E-state index in [4.69, 9.17) is 0 Å². The molecule has 3 aromatic rings. The third kappa shape index (κ3) is 3.61. The van der Waals surface area contributed by atoms with E-state index in [2.05, 4.69) is 45.5 Å². The second-order valence-electron chi connectivity index (χ2n) is 8.45. The van der Waals surface area contributed by atoms with Crippen molar-refractivity contribution in [3.8, 4) is 0 Å². The third-order valence-corrected chi connectivity index (χ3v) is 6.45. The van der Waals surface area contributed by atoms with Crippen LogP contribution in [0.5, 0.6) is 0 Å². The summed E-state index contributed by atoms with van der Waals surface area (Å²) < 4.78 is 1.66. The number of anilines is 2. The fourth-order valence-corrected chi connectivity index (χ4v) is 4.78. The standard InChI is InChI=1S/C24H28N4O/c1-27-22-8-5-15-25-24(22)21(16-23(27)29)26-17-9-11-19(12-10-17)28(20-13-14-20)18-6-3-2-4-7-18/h2-8,15-17,19-20,26H,9-14H2,1H3. The van der Waals surface area contributed by atoms with Crippen molar-refractivity contribution in [3.05, 3.63) is 65.1 Å². The summed E-state index contributed by atoms with van der Waals surface area (Å²) in [7, 11) is 1.80. The number of rotatable bonds is 5. The van der Waals surface area contributed by atoms with Gasteiger partial charge in [-0.1, -0.05) is 18.2 Å². The first kappa shape index (κ1) is 18.2. The molecular weight excluding hydrogens is 360 g/mol. The van der Waals surface area contributed by atoms with Crippen LogP contribution in [0.2, 0.25) is 0 Å². The molecule has 1 N–H and O–H groups in total. The Balaban J connectivity index is 1.31. The van der Waals surface area contributed by atoms with E-state index in [1.54, 1.807) is 23.9 Å². The van der Waals surface area contributed by atoms with E-state index in [1.807, 2.05) is 12.1 Å². The summed E-state index contributed by atoms with van der Waals surface area (Å²) in [5.41, 5.74) is 3.99. The summed E-state index contributed by atoms with van der Waals surface area (Å²) in [5, 5.41) is 3.64. The van der Waals surface area contributed by atoms with Crippen molar-refractivity contribution in [2.24, 2.45) is 7.05 Å². The molecule has 2 saturated carbocycles. The summed E-state index contributed by atoms with van der Waals surface area (Å²) >= 11 is 0. The van der Waals surface area contributed by atoms with Crippen LogP contribution in [0, 0.1) is 0 Å². The van der Waals surface area contributed by atoms with Crippen molar-refractivity contribution in [2.75, 3.05) is 10.2 Å². The minimum absolute atomic E-state index is 0.00525. The van der Waals surface area contributed by atoms with E-state index in [0.717, 1.165) is 35.6 Å². The first-order chi connectivity index (χ1) is 14.2. The van der Waals surface area contributed by atoms with Gasteiger partial charge in [0.05, 0.1) is 11.2 Å². The molecule has 0 amide bonds. The molecule has 2 aromatic heterocycles. The van der Waals surface area contributed by atoms with Gasteiger partial charge in [-0.15, -0.1) is 0 Å². The number of aryl methyl sites for hydroxylation is 1. The SMILES string of the molecule is Cn1c(=O)cc(NC2CCC(N(c3ccccc3)C3CC3)CC2)c2ncccc21. The number of pyridine rings is 2. The molecule has 2 fully saturated rings. The Kier molecular flexibility index (Phi) is 4.74. The Bertz CT molecular complexity index is 1050. The van der Waals surface area contributed by atoms with Crippen LogP contribution in [0.25, 0.3) is 11.0 Å². The van der Waals surface area contributed by atoms with Gasteiger partial charge in [0.2, 0.25) is 0 Å². The normalized spacial score (nSPS) is 21.8. The van der Waals surface area contributed by atoms with E-state index in [9.17, 15) is 4.79 Å². The van der Waals surface area contributed by atoms with Crippen LogP contribution in [0.3, 0.4) is 0 Å². The Morgan fingerprint density at radius 2 is 1.66 bits per heavy atom. The van der Waals surface area contributed by atoms with Crippen LogP contribution in [-0.2, 0) is 7.05 Å². The van der Waals surface area contributed by atoms with Crippen LogP contribution < -0.4 is 15.8 Å². The summed E-state index contributed by atoms with van der Waals surface area (Å²) in [6.07, 6.45) is 9.02. The molecule has 0 saturated heterocycles. The lowest BCUT2D eigenvalue weighted by Gasteiger charge is -2.39. The minimum atomic E-state index is 0.00525. The molecule has 29 heavy (non-hydrogen) atoms. The van der Waals surface area contributed by atoms with Crippen molar-refractivity contribution < 1.29 is 0 Å². The molecule has 1 aromatic carbocycles. The molecule has 2 aliphatic carbocycles. The van der Waals surface area contributed by atoms with Gasteiger partial charge in [0.1, 0.15) is 5.52 Å². The highest BCUT2D eigenvalue weighted by molar-refractivity contribution is 5.87. The quantitative estimate of drug-likeness (QED) is 0.707. The van der Waals surface area contributed by atoms with E-state index >= 15 is 0 Å². The fraction of sp³-hybridized carbons (Fsp3) is 0.417. The topological polar surface area (TPSA) is 50.2 Å². The zero-order chi connectivity index (χ0) is 19.8. The summed E-state index contributed by atoms with van der Waals surface area (Å²) in [6, 6.07) is 18.1. The molecule has 0 aliphatic heterocycles. The molecule has 2 heterocycles. The number of nitrogens with one attached hydrogen (secondary N) is 1. The molecule has 2 aliphatic rings. The van der Waals surface area contributed by atoms with E-state index in [-0.39, 0.29) is 5.56 Å². The molecule has 0 bridgehead atoms. The number of nitrogens with zero attached hydrogens (tertiary/aromatic N) is 3. The van der Waals surface area contributed by atoms with E-state index in [1.165, 1.54) is 31.4 Å². The Labute approximate surface area is 171 Å². The van der Waals surface area contributed by atoms with Crippen molar-refractivity contribution in [2.45, 2.75) is 56.7 Å². The predicted octanol–water partition coefficient (Wildman–Crippen LogP) is 4.33. The molecule has 0 spiro atoms. The number of aromatic nitrogens is 2. The predicted molar refractivity (Wildman–Crippen MR) is 119 cm³/mol. The summed E-state index contributed by atoms with van der Waals surface area (Å²) in [6.45, 7) is 0. The zero-order valence-corrected chi connectivity index (χ0v) is 16.9. The molecule has 150 valence electrons. The van der Waals surface area contributed by atoms with Gasteiger partial charge in [0.25, 0.3) is 5.56 Å². The highest BCUT2D eigenvalue weighted by Gasteiger charge is 2.36. The van der Waals surface area contributed by atoms with Gasteiger partial charge in [-0.05, 0) is 62.8 Å². The maximum Gasteiger partial charge on any atom is 0.252 e. The van der Waals surface area contributed by atoms with Gasteiger partial charge in [-0.25, -0.2) is 0 Å². The van der Waals surface area contributed by atoms with Gasteiger partial charge in [-0.3, -0.25) is 9.78 Å². The molecule has 5 nitrogen and oxygen atoms in total. The Morgan fingerprint density at radius 1 is 0.966 bits per heavy atom. The first-order valence-corrected chi connectivity index (χ1v) is 10.8. The number of hydrogen-bond acceptors (Lipinski definition) is 4. The molecule has 0 atom stereocenters. The molecular formula is C24H28N4O. The van der Waals surface area contributed by atoms with Gasteiger partial charge < -0.3 is 14.8 Å². The van der Waals surface area contributed by atoms with E-state index in [0.29, 0.717) is 12.1 Å². The average molecular weight is 389 g/mol. The zero-order valence-electron chi connectivity index (χ0n) is 16.9. The lowest BCUT2D eigenvalue weighted by molar-refractivity contribution is 0.388. The largest absolute Gasteiger partial charge is 0.380 e. The Hall–Kier alpha value is -2.82. The maximum atomic E-state index is 12.4. The van der Waals surface area contributed by atoms with Crippen LogP contribution in [0.1, 0.15) is 38.5 Å². The average Bonchev–Trinajstić information content (AvgIpc) is 3.59. The van der Waals surface area contributed by atoms with Gasteiger partial charge >= 0.3 is 0 Å². The number of para-hydroxylation sites is 1. The van der Waals surface area contributed by atoms with Crippen LogP contribution in [0.4, 0.5) is 11.4 Å². The van der Waals surface area contributed by atoms with Crippen LogP contribution in [-0.4, -0.2) is 27.7 Å². The molecule has 0 radical (unpaired) electrons. The van der Waals surface area contributed by atoms with Crippen molar-refractivity contribution >= 4 is 22.4 Å². The molecule has 5 heteroatoms. The molecule has 5 rings (SSSR count). The van der Waals surface area contributed by atoms with Crippen molar-refractivity contribution in [3.63, 3.8) is 0 Å².